The zero-order chi connectivity index (χ0) is 65.2. The van der Waals surface area contributed by atoms with Gasteiger partial charge in [0, 0.05) is 11.9 Å². The Morgan fingerprint density at radius 3 is 1.94 bits per heavy atom. The van der Waals surface area contributed by atoms with Crippen molar-refractivity contribution >= 4 is 67.5 Å². The molecule has 2 heterocycles. The first-order valence-electron chi connectivity index (χ1n) is 33.3. The summed E-state index contributed by atoms with van der Waals surface area (Å²) in [6, 6.07) is 85.0. The molecule has 11 aromatic carbocycles. The number of halogens is 1. The molecule has 466 valence electrons. The van der Waals surface area contributed by atoms with Crippen LogP contribution in [0.25, 0.3) is 129 Å². The van der Waals surface area contributed by atoms with Crippen LogP contribution in [0.1, 0.15) is 81.9 Å². The van der Waals surface area contributed by atoms with Crippen molar-refractivity contribution in [1.82, 2.24) is 18.5 Å². The number of nitrogens with zero attached hydrogens (tertiary/aromatic N) is 3. The van der Waals surface area contributed by atoms with E-state index in [4.69, 9.17) is 21.4 Å². The van der Waals surface area contributed by atoms with Crippen molar-refractivity contribution in [3.8, 4) is 79.1 Å². The first kappa shape index (κ1) is 60.6. The summed E-state index contributed by atoms with van der Waals surface area (Å²) in [5.74, 6) is 7.49. The zero-order valence-electron chi connectivity index (χ0n) is 53.7. The maximum atomic E-state index is 7.31. The molecule has 7 heteroatoms. The number of aryl methyl sites for hydroxylation is 1. The minimum atomic E-state index is -0.750. The number of fused-ring (bicyclic) bond motifs is 5. The molecule has 0 bridgehead atoms. The van der Waals surface area contributed by atoms with Crippen molar-refractivity contribution in [2.24, 2.45) is 5.73 Å². The van der Waals surface area contributed by atoms with Crippen molar-refractivity contribution in [1.29, 1.82) is 0 Å². The Morgan fingerprint density at radius 1 is 0.577 bits per heavy atom. The molecule has 6 nitrogen and oxygen atoms in total. The van der Waals surface area contributed by atoms with Gasteiger partial charge in [0.1, 0.15) is 0 Å². The molecule has 0 amide bonds. The van der Waals surface area contributed by atoms with E-state index in [0.717, 1.165) is 110 Å². The Labute approximate surface area is 577 Å². The van der Waals surface area contributed by atoms with E-state index in [0.29, 0.717) is 5.82 Å². The van der Waals surface area contributed by atoms with Gasteiger partial charge >= 0.3 is 356 Å². The van der Waals surface area contributed by atoms with E-state index < -0.39 is 21.5 Å². The summed E-state index contributed by atoms with van der Waals surface area (Å²) in [4.78, 5) is 15.6. The van der Waals surface area contributed by atoms with Crippen molar-refractivity contribution in [2.75, 3.05) is 5.73 Å². The third-order valence-electron chi connectivity index (χ3n) is 19.1. The molecule has 2 atom stereocenters. The number of hydrogen-bond acceptors (Lipinski definition) is 6. The van der Waals surface area contributed by atoms with Gasteiger partial charge in [0.05, 0.1) is 5.92 Å². The third kappa shape index (κ3) is 12.1. The summed E-state index contributed by atoms with van der Waals surface area (Å²) >= 11 is -0.750. The number of nitrogens with one attached hydrogen (secondary N) is 1. The average molecular weight is 1360 g/mol. The largest absolute Gasteiger partial charge is 0.398 e. The van der Waals surface area contributed by atoms with Crippen LogP contribution in [0.2, 0.25) is 0 Å². The van der Waals surface area contributed by atoms with Gasteiger partial charge in [-0.05, 0) is 88.2 Å². The SMILES string of the molecule is C/C=C\c1cc(-c2ccc(-c3cc(-c4c5c(c(C6C#CC=CC=C6)c6ccccc46)CCC=C5)nc(-c4ccc(-c5ccc([I-]NC(/C=C(\N)c6ccc(C7=Cc8cccnc8CC7)cc6)c6c7ccccc7c(-c7ccccc7)c7ccccc67)cc5)cc4)n3)cc2)ccc1N. The van der Waals surface area contributed by atoms with Crippen LogP contribution in [-0.2, 0) is 12.8 Å². The van der Waals surface area contributed by atoms with E-state index in [9.17, 15) is 0 Å². The summed E-state index contributed by atoms with van der Waals surface area (Å²) in [5, 5.41) is 7.17. The molecule has 13 aromatic rings. The van der Waals surface area contributed by atoms with Crippen molar-refractivity contribution in [3.63, 3.8) is 0 Å². The molecule has 2 unspecified atom stereocenters. The summed E-state index contributed by atoms with van der Waals surface area (Å²) in [6.07, 6.45) is 27.2. The predicted molar refractivity (Wildman–Crippen MR) is 402 cm³/mol. The van der Waals surface area contributed by atoms with Crippen LogP contribution >= 0.6 is 0 Å². The molecule has 0 saturated carbocycles. The number of hydrogen-bond donors (Lipinski definition) is 3. The Balaban J connectivity index is 0.737. The van der Waals surface area contributed by atoms with Gasteiger partial charge in [-0.25, -0.2) is 0 Å². The number of nitrogens with two attached hydrogens (primary N) is 2. The van der Waals surface area contributed by atoms with Crippen LogP contribution in [0.5, 0.6) is 0 Å². The quantitative estimate of drug-likeness (QED) is 0.0311. The molecule has 3 aliphatic carbocycles. The van der Waals surface area contributed by atoms with Crippen LogP contribution in [-0.4, -0.2) is 15.0 Å². The number of pyridine rings is 1. The monoisotopic (exact) mass is 1360 g/mol. The molecule has 0 spiro atoms. The summed E-state index contributed by atoms with van der Waals surface area (Å²) in [5.41, 5.74) is 38.7. The Bertz CT molecular complexity index is 5420. The van der Waals surface area contributed by atoms with Crippen LogP contribution in [0.15, 0.2) is 285 Å². The normalized spacial score (nSPS) is 14.5. The van der Waals surface area contributed by atoms with Gasteiger partial charge in [-0.1, -0.05) is 109 Å². The van der Waals surface area contributed by atoms with E-state index >= 15 is 0 Å². The van der Waals surface area contributed by atoms with E-state index in [1.54, 1.807) is 0 Å². The van der Waals surface area contributed by atoms with Gasteiger partial charge in [0.15, 0.2) is 0 Å². The molecular formula is C90H68IN6-. The second-order valence-corrected chi connectivity index (χ2v) is 27.4. The number of anilines is 1. The summed E-state index contributed by atoms with van der Waals surface area (Å²) < 4.78 is 5.42. The Kier molecular flexibility index (Phi) is 16.8. The molecule has 97 heavy (non-hydrogen) atoms. The molecule has 0 aliphatic heterocycles. The fourth-order valence-corrected chi connectivity index (χ4v) is 16.3. The number of allylic oxidation sites excluding steroid dienone is 7. The first-order chi connectivity index (χ1) is 47.9. The summed E-state index contributed by atoms with van der Waals surface area (Å²) in [6.45, 7) is 2.01. The molecule has 2 aromatic heterocycles. The number of nitrogen functional groups attached to an aromatic ring is 1. The number of benzene rings is 11. The Hall–Kier alpha value is -11.3. The topological polar surface area (TPSA) is 103 Å². The average Bonchev–Trinajstić information content (AvgIpc) is 0.834. The van der Waals surface area contributed by atoms with E-state index in [2.05, 4.69) is 287 Å². The van der Waals surface area contributed by atoms with Crippen molar-refractivity contribution < 1.29 is 21.5 Å². The fourth-order valence-electron chi connectivity index (χ4n) is 14.4. The van der Waals surface area contributed by atoms with Crippen LogP contribution in [0.4, 0.5) is 5.69 Å². The summed E-state index contributed by atoms with van der Waals surface area (Å²) in [7, 11) is 0. The number of rotatable bonds is 15. The van der Waals surface area contributed by atoms with E-state index in [1.807, 2.05) is 43.5 Å². The second kappa shape index (κ2) is 26.8. The third-order valence-corrected chi connectivity index (χ3v) is 21.4. The molecule has 0 fully saturated rings. The molecule has 16 rings (SSSR count). The zero-order valence-corrected chi connectivity index (χ0v) is 55.9. The predicted octanol–water partition coefficient (Wildman–Crippen LogP) is 18.1. The second-order valence-electron chi connectivity index (χ2n) is 25.0. The number of aromatic nitrogens is 3. The molecule has 5 N–H and O–H groups in total. The van der Waals surface area contributed by atoms with Crippen molar-refractivity contribution in [3.05, 3.63) is 339 Å². The van der Waals surface area contributed by atoms with E-state index in [1.165, 1.54) is 80.6 Å². The minimum absolute atomic E-state index is 0.0398. The van der Waals surface area contributed by atoms with E-state index in [-0.39, 0.29) is 12.0 Å². The van der Waals surface area contributed by atoms with Crippen LogP contribution < -0.4 is 36.5 Å². The molecular weight excluding hydrogens is 1290 g/mol. The minimum Gasteiger partial charge on any atom is -0.398 e. The smallest absolute Gasteiger partial charge is 0.0387 e. The maximum absolute atomic E-state index is 7.31. The van der Waals surface area contributed by atoms with Crippen LogP contribution in [0.3, 0.4) is 0 Å². The van der Waals surface area contributed by atoms with Gasteiger partial charge in [-0.3, -0.25) is 4.98 Å². The molecule has 3 aliphatic rings. The van der Waals surface area contributed by atoms with Gasteiger partial charge in [-0.15, -0.1) is 0 Å². The standard InChI is InChI=1S/C90H68IN6/c1-2-19-69-54-67(47-51-80(69)92)61-35-41-63(42-36-61)83-57-84(88-76-29-14-10-25-72(76)86(64-20-6-3-4-7-21-64)73-26-11-15-30-77(73)88)96-90(95-83)66-43-37-58(38-44-66)59-45-49-71(50-46-59)91-97-85(56-81(93)62-39-33-60(34-40-62)68-48-52-82-70(55-68)24-18-53-94-82)89-78-31-16-12-27-74(78)87(65-22-8-5-9-23-65)75-28-13-17-32-79(75)89/h2-6,8-10,12-20,22-25,27-47,49-51,53-57,64,85,97H,11,26,48,52,92-93H2,1H3/q-1/b19-2-,81-56-. The van der Waals surface area contributed by atoms with Crippen LogP contribution in [0, 0.1) is 15.4 Å². The molecule has 0 saturated heterocycles. The van der Waals surface area contributed by atoms with Gasteiger partial charge in [0.25, 0.3) is 0 Å². The molecule has 0 radical (unpaired) electrons. The maximum Gasteiger partial charge on any atom is 0.0387 e. The van der Waals surface area contributed by atoms with Gasteiger partial charge in [0.2, 0.25) is 0 Å². The van der Waals surface area contributed by atoms with Gasteiger partial charge in [-0.2, -0.15) is 0 Å². The van der Waals surface area contributed by atoms with Crippen molar-refractivity contribution in [2.45, 2.75) is 44.6 Å². The first-order valence-corrected chi connectivity index (χ1v) is 35.5. The fraction of sp³-hybridized carbons (Fsp3) is 0.0778. The Morgan fingerprint density at radius 2 is 1.21 bits per heavy atom. The van der Waals surface area contributed by atoms with Gasteiger partial charge < -0.3 is 5.73 Å².